The monoisotopic (exact) mass is 283 g/mol. The Hall–Kier alpha value is -1.82. The fraction of sp³-hybridized carbons (Fsp3) is 0.357. The number of fused-ring (bicyclic) bond motifs is 1. The molecule has 106 valence electrons. The Balaban J connectivity index is 2.19. The van der Waals surface area contributed by atoms with Gasteiger partial charge in [-0.1, -0.05) is 6.08 Å². The maximum Gasteiger partial charge on any atom is 0.416 e. The van der Waals surface area contributed by atoms with Crippen molar-refractivity contribution in [2.75, 3.05) is 20.3 Å². The summed E-state index contributed by atoms with van der Waals surface area (Å²) in [5.41, 5.74) is 0.590. The molecule has 0 aromatic heterocycles. The van der Waals surface area contributed by atoms with Crippen LogP contribution < -0.4 is 0 Å². The highest BCUT2D eigenvalue weighted by Crippen LogP contribution is 2.39. The minimum atomic E-state index is -4.47. The maximum absolute atomic E-state index is 13.2. The van der Waals surface area contributed by atoms with E-state index in [1.54, 1.807) is 6.08 Å². The molecule has 0 fully saturated rings. The van der Waals surface area contributed by atoms with Crippen LogP contribution in [0.2, 0.25) is 0 Å². The Morgan fingerprint density at radius 1 is 1.30 bits per heavy atom. The molecular formula is C14H12F3NO2. The summed E-state index contributed by atoms with van der Waals surface area (Å²) in [6, 6.07) is 2.66. The van der Waals surface area contributed by atoms with Crippen molar-refractivity contribution in [2.24, 2.45) is 0 Å². The van der Waals surface area contributed by atoms with Gasteiger partial charge in [0.05, 0.1) is 18.8 Å². The van der Waals surface area contributed by atoms with E-state index >= 15 is 0 Å². The summed E-state index contributed by atoms with van der Waals surface area (Å²) in [7, 11) is 1.50. The lowest BCUT2D eigenvalue weighted by Gasteiger charge is -2.14. The molecule has 0 spiro atoms. The van der Waals surface area contributed by atoms with Crippen LogP contribution in [0.15, 0.2) is 18.2 Å². The van der Waals surface area contributed by atoms with Crippen LogP contribution in [0.25, 0.3) is 5.57 Å². The summed E-state index contributed by atoms with van der Waals surface area (Å²) in [5, 5.41) is 0. The van der Waals surface area contributed by atoms with E-state index in [4.69, 9.17) is 4.74 Å². The van der Waals surface area contributed by atoms with Crippen LogP contribution in [0.5, 0.6) is 0 Å². The van der Waals surface area contributed by atoms with Crippen molar-refractivity contribution in [3.05, 3.63) is 40.5 Å². The minimum Gasteiger partial charge on any atom is -0.373 e. The van der Waals surface area contributed by atoms with Gasteiger partial charge in [-0.05, 0) is 28.8 Å². The van der Waals surface area contributed by atoms with Crippen molar-refractivity contribution in [2.45, 2.75) is 12.7 Å². The summed E-state index contributed by atoms with van der Waals surface area (Å²) < 4.78 is 44.7. The van der Waals surface area contributed by atoms with Crippen molar-refractivity contribution < 1.29 is 22.7 Å². The SMILES string of the molecule is CN1Cc2c(cc(C3=CCOC3)cc2C(F)(F)F)C1=O. The molecule has 1 amide bonds. The van der Waals surface area contributed by atoms with Gasteiger partial charge in [0.2, 0.25) is 0 Å². The molecule has 0 saturated heterocycles. The highest BCUT2D eigenvalue weighted by Gasteiger charge is 2.39. The Kier molecular flexibility index (Phi) is 2.86. The van der Waals surface area contributed by atoms with Gasteiger partial charge in [0.15, 0.2) is 0 Å². The van der Waals surface area contributed by atoms with Crippen molar-refractivity contribution in [3.8, 4) is 0 Å². The lowest BCUT2D eigenvalue weighted by molar-refractivity contribution is -0.138. The van der Waals surface area contributed by atoms with Gasteiger partial charge >= 0.3 is 6.18 Å². The van der Waals surface area contributed by atoms with E-state index in [0.717, 1.165) is 6.07 Å². The van der Waals surface area contributed by atoms with Crippen molar-refractivity contribution in [3.63, 3.8) is 0 Å². The molecule has 3 rings (SSSR count). The molecule has 1 aromatic carbocycles. The minimum absolute atomic E-state index is 0.00115. The number of carbonyl (C=O) groups is 1. The first-order valence-corrected chi connectivity index (χ1v) is 6.14. The second-order valence-electron chi connectivity index (χ2n) is 4.95. The molecule has 3 nitrogen and oxygen atoms in total. The third-order valence-corrected chi connectivity index (χ3v) is 3.60. The predicted molar refractivity (Wildman–Crippen MR) is 66.0 cm³/mol. The van der Waals surface area contributed by atoms with Gasteiger partial charge in [-0.2, -0.15) is 13.2 Å². The zero-order chi connectivity index (χ0) is 14.5. The molecule has 0 bridgehead atoms. The lowest BCUT2D eigenvalue weighted by Crippen LogP contribution is -2.17. The Labute approximate surface area is 113 Å². The van der Waals surface area contributed by atoms with Gasteiger partial charge < -0.3 is 9.64 Å². The third-order valence-electron chi connectivity index (χ3n) is 3.60. The van der Waals surface area contributed by atoms with Gasteiger partial charge in [0, 0.05) is 19.2 Å². The van der Waals surface area contributed by atoms with Crippen LogP contribution in [0.1, 0.15) is 27.0 Å². The van der Waals surface area contributed by atoms with Crippen molar-refractivity contribution >= 4 is 11.5 Å². The fourth-order valence-corrected chi connectivity index (χ4v) is 2.57. The smallest absolute Gasteiger partial charge is 0.373 e. The number of ether oxygens (including phenoxy) is 1. The Morgan fingerprint density at radius 2 is 2.05 bits per heavy atom. The molecule has 0 saturated carbocycles. The summed E-state index contributed by atoms with van der Waals surface area (Å²) in [4.78, 5) is 13.2. The van der Waals surface area contributed by atoms with E-state index in [1.165, 1.54) is 18.0 Å². The average Bonchev–Trinajstić information content (AvgIpc) is 2.98. The zero-order valence-electron chi connectivity index (χ0n) is 10.8. The van der Waals surface area contributed by atoms with E-state index in [0.29, 0.717) is 17.7 Å². The lowest BCUT2D eigenvalue weighted by atomic mass is 9.95. The molecule has 1 aromatic rings. The van der Waals surface area contributed by atoms with Crippen LogP contribution in [0, 0.1) is 0 Å². The van der Waals surface area contributed by atoms with E-state index in [9.17, 15) is 18.0 Å². The number of nitrogens with zero attached hydrogens (tertiary/aromatic N) is 1. The number of halogens is 3. The van der Waals surface area contributed by atoms with Gasteiger partial charge in [-0.15, -0.1) is 0 Å². The van der Waals surface area contributed by atoms with Crippen molar-refractivity contribution in [1.82, 2.24) is 4.90 Å². The number of rotatable bonds is 1. The van der Waals surface area contributed by atoms with Crippen molar-refractivity contribution in [1.29, 1.82) is 0 Å². The molecule has 0 aliphatic carbocycles. The molecular weight excluding hydrogens is 271 g/mol. The number of alkyl halides is 3. The quantitative estimate of drug-likeness (QED) is 0.793. The fourth-order valence-electron chi connectivity index (χ4n) is 2.57. The molecule has 0 atom stereocenters. The van der Waals surface area contributed by atoms with E-state index in [1.807, 2.05) is 0 Å². The second-order valence-corrected chi connectivity index (χ2v) is 4.95. The first-order chi connectivity index (χ1) is 9.38. The number of hydrogen-bond acceptors (Lipinski definition) is 2. The first-order valence-electron chi connectivity index (χ1n) is 6.14. The van der Waals surface area contributed by atoms with Crippen LogP contribution >= 0.6 is 0 Å². The highest BCUT2D eigenvalue weighted by atomic mass is 19.4. The molecule has 0 N–H and O–H groups in total. The number of benzene rings is 1. The van der Waals surface area contributed by atoms with Crippen LogP contribution in [0.3, 0.4) is 0 Å². The third kappa shape index (κ3) is 2.00. The standard InChI is InChI=1S/C14H12F3NO2/c1-18-6-11-10(13(18)19)4-9(8-2-3-20-7-8)5-12(11)14(15,16)17/h2,4-5H,3,6-7H2,1H3. The summed E-state index contributed by atoms with van der Waals surface area (Å²) in [6.07, 6.45) is -2.73. The summed E-state index contributed by atoms with van der Waals surface area (Å²) >= 11 is 0. The van der Waals surface area contributed by atoms with Gasteiger partial charge in [0.25, 0.3) is 5.91 Å². The maximum atomic E-state index is 13.2. The average molecular weight is 283 g/mol. The molecule has 2 heterocycles. The number of carbonyl (C=O) groups excluding carboxylic acids is 1. The van der Waals surface area contributed by atoms with E-state index in [-0.39, 0.29) is 30.2 Å². The normalized spacial score (nSPS) is 18.5. The molecule has 20 heavy (non-hydrogen) atoms. The molecule has 0 unspecified atom stereocenters. The second kappa shape index (κ2) is 4.34. The van der Waals surface area contributed by atoms with Crippen LogP contribution in [-0.4, -0.2) is 31.1 Å². The number of amides is 1. The van der Waals surface area contributed by atoms with E-state index < -0.39 is 11.7 Å². The number of hydrogen-bond donors (Lipinski definition) is 0. The van der Waals surface area contributed by atoms with Gasteiger partial charge in [-0.25, -0.2) is 0 Å². The highest BCUT2D eigenvalue weighted by molar-refractivity contribution is 5.99. The zero-order valence-corrected chi connectivity index (χ0v) is 10.8. The van der Waals surface area contributed by atoms with Crippen LogP contribution in [0.4, 0.5) is 13.2 Å². The topological polar surface area (TPSA) is 29.5 Å². The van der Waals surface area contributed by atoms with E-state index in [2.05, 4.69) is 0 Å². The molecule has 6 heteroatoms. The van der Waals surface area contributed by atoms with Gasteiger partial charge in [-0.3, -0.25) is 4.79 Å². The molecule has 2 aliphatic rings. The van der Waals surface area contributed by atoms with Gasteiger partial charge in [0.1, 0.15) is 0 Å². The largest absolute Gasteiger partial charge is 0.416 e. The summed E-state index contributed by atoms with van der Waals surface area (Å²) in [5.74, 6) is -0.369. The summed E-state index contributed by atoms with van der Waals surface area (Å²) in [6.45, 7) is 0.667. The Morgan fingerprint density at radius 3 is 2.65 bits per heavy atom. The molecule has 2 aliphatic heterocycles. The Bertz CT molecular complexity index is 620. The molecule has 0 radical (unpaired) electrons. The first kappa shape index (κ1) is 13.2. The van der Waals surface area contributed by atoms with Crippen LogP contribution in [-0.2, 0) is 17.5 Å². The predicted octanol–water partition coefficient (Wildman–Crippen LogP) is 2.70.